The first-order valence-corrected chi connectivity index (χ1v) is 7.65. The second-order valence-electron chi connectivity index (χ2n) is 4.80. The van der Waals surface area contributed by atoms with Crippen LogP contribution >= 0.6 is 0 Å². The minimum absolute atomic E-state index is 0.0182. The lowest BCUT2D eigenvalue weighted by molar-refractivity contribution is -0.130. The third-order valence-corrected chi connectivity index (χ3v) is 4.77. The quantitative estimate of drug-likeness (QED) is 0.692. The van der Waals surface area contributed by atoms with Gasteiger partial charge in [0.25, 0.3) is 0 Å². The lowest BCUT2D eigenvalue weighted by Crippen LogP contribution is -2.47. The van der Waals surface area contributed by atoms with E-state index >= 15 is 0 Å². The molecule has 0 saturated carbocycles. The molecule has 0 aromatic heterocycles. The van der Waals surface area contributed by atoms with Gasteiger partial charge in [0, 0.05) is 25.7 Å². The monoisotopic (exact) mass is 262 g/mol. The van der Waals surface area contributed by atoms with Crippen molar-refractivity contribution in [2.24, 2.45) is 0 Å². The highest BCUT2D eigenvalue weighted by Gasteiger charge is 2.36. The van der Waals surface area contributed by atoms with Gasteiger partial charge in [-0.25, -0.2) is 12.7 Å². The number of β-amino-alcohol motifs (C(OH)–C–C–N with tert-alkyl or cyclic N) is 1. The molecule has 98 valence electrons. The van der Waals surface area contributed by atoms with Gasteiger partial charge in [0.1, 0.15) is 0 Å². The molecular weight excluding hydrogens is 244 g/mol. The van der Waals surface area contributed by atoms with Crippen LogP contribution in [-0.2, 0) is 14.8 Å². The van der Waals surface area contributed by atoms with E-state index in [4.69, 9.17) is 0 Å². The molecule has 2 heterocycles. The van der Waals surface area contributed by atoms with Gasteiger partial charge < -0.3 is 10.0 Å². The number of carbonyl (C=O) groups is 1. The van der Waals surface area contributed by atoms with Crippen LogP contribution in [0.2, 0.25) is 0 Å². The maximum Gasteiger partial charge on any atom is 0.225 e. The Bertz CT molecular complexity index is 401. The van der Waals surface area contributed by atoms with Gasteiger partial charge in [-0.15, -0.1) is 0 Å². The summed E-state index contributed by atoms with van der Waals surface area (Å²) in [5.74, 6) is -0.0182. The van der Waals surface area contributed by atoms with Crippen molar-refractivity contribution in [1.82, 2.24) is 9.21 Å². The molecule has 0 spiro atoms. The van der Waals surface area contributed by atoms with Crippen LogP contribution in [0.4, 0.5) is 0 Å². The molecule has 0 radical (unpaired) electrons. The van der Waals surface area contributed by atoms with Gasteiger partial charge in [-0.2, -0.15) is 0 Å². The molecule has 1 amide bonds. The van der Waals surface area contributed by atoms with Crippen LogP contribution in [0.1, 0.15) is 19.3 Å². The fourth-order valence-electron chi connectivity index (χ4n) is 2.55. The number of hydrogen-bond acceptors (Lipinski definition) is 4. The molecule has 2 aliphatic rings. The number of likely N-dealkylation sites (tertiary alicyclic amines) is 1. The maximum atomic E-state index is 11.6. The highest BCUT2D eigenvalue weighted by Crippen LogP contribution is 2.23. The van der Waals surface area contributed by atoms with Gasteiger partial charge in [-0.3, -0.25) is 4.79 Å². The fourth-order valence-corrected chi connectivity index (χ4v) is 3.42. The Hall–Kier alpha value is -0.660. The normalized spacial score (nSPS) is 28.9. The summed E-state index contributed by atoms with van der Waals surface area (Å²) in [6.07, 6.45) is 2.16. The number of sulfonamides is 1. The number of hydrogen-bond donors (Lipinski definition) is 1. The molecule has 17 heavy (non-hydrogen) atoms. The Morgan fingerprint density at radius 2 is 1.88 bits per heavy atom. The van der Waals surface area contributed by atoms with E-state index in [-0.39, 0.29) is 18.4 Å². The molecule has 0 aromatic carbocycles. The summed E-state index contributed by atoms with van der Waals surface area (Å²) < 4.78 is 24.1. The topological polar surface area (TPSA) is 77.9 Å². The van der Waals surface area contributed by atoms with Gasteiger partial charge in [0.05, 0.1) is 18.8 Å². The Morgan fingerprint density at radius 1 is 1.29 bits per heavy atom. The van der Waals surface area contributed by atoms with E-state index in [9.17, 15) is 18.3 Å². The van der Waals surface area contributed by atoms with Crippen molar-refractivity contribution >= 4 is 15.9 Å². The molecule has 2 aliphatic heterocycles. The summed E-state index contributed by atoms with van der Waals surface area (Å²) in [7, 11) is -3.12. The average Bonchev–Trinajstić information content (AvgIpc) is 2.57. The minimum Gasteiger partial charge on any atom is -0.391 e. The number of carbonyl (C=O) groups excluding carboxylic acids is 1. The summed E-state index contributed by atoms with van der Waals surface area (Å²) in [6, 6.07) is 0.0812. The van der Waals surface area contributed by atoms with Gasteiger partial charge in [0.15, 0.2) is 0 Å². The molecule has 2 fully saturated rings. The molecule has 0 aromatic rings. The van der Waals surface area contributed by atoms with Crippen molar-refractivity contribution in [3.63, 3.8) is 0 Å². The van der Waals surface area contributed by atoms with E-state index < -0.39 is 16.1 Å². The zero-order chi connectivity index (χ0) is 12.6. The first-order chi connectivity index (χ1) is 7.88. The number of aliphatic hydroxyl groups is 1. The summed E-state index contributed by atoms with van der Waals surface area (Å²) in [6.45, 7) is 1.31. The molecular formula is C10H18N2O4S. The first kappa shape index (κ1) is 12.8. The summed E-state index contributed by atoms with van der Waals surface area (Å²) in [4.78, 5) is 13.3. The maximum absolute atomic E-state index is 11.6. The van der Waals surface area contributed by atoms with E-state index in [0.29, 0.717) is 32.5 Å². The largest absolute Gasteiger partial charge is 0.391 e. The number of aliphatic hydroxyl groups excluding tert-OH is 1. The second-order valence-corrected chi connectivity index (χ2v) is 6.78. The average molecular weight is 262 g/mol. The van der Waals surface area contributed by atoms with Crippen molar-refractivity contribution < 1.29 is 18.3 Å². The van der Waals surface area contributed by atoms with Crippen molar-refractivity contribution in [2.45, 2.75) is 31.4 Å². The Balaban J connectivity index is 1.94. The first-order valence-electron chi connectivity index (χ1n) is 5.80. The Labute approximate surface area is 101 Å². The van der Waals surface area contributed by atoms with Gasteiger partial charge >= 0.3 is 0 Å². The molecule has 6 nitrogen and oxygen atoms in total. The van der Waals surface area contributed by atoms with Crippen LogP contribution in [-0.4, -0.2) is 66.7 Å². The number of piperidine rings is 1. The highest BCUT2D eigenvalue weighted by atomic mass is 32.2. The van der Waals surface area contributed by atoms with Gasteiger partial charge in [-0.05, 0) is 12.8 Å². The minimum atomic E-state index is -3.12. The van der Waals surface area contributed by atoms with E-state index in [2.05, 4.69) is 0 Å². The van der Waals surface area contributed by atoms with Gasteiger partial charge in [-0.1, -0.05) is 0 Å². The second kappa shape index (κ2) is 4.55. The van der Waals surface area contributed by atoms with Crippen molar-refractivity contribution in [2.75, 3.05) is 25.9 Å². The van der Waals surface area contributed by atoms with Crippen LogP contribution in [0.3, 0.4) is 0 Å². The van der Waals surface area contributed by atoms with Crippen LogP contribution in [0.5, 0.6) is 0 Å². The third-order valence-electron chi connectivity index (χ3n) is 3.47. The molecule has 0 aliphatic carbocycles. The number of rotatable bonds is 2. The zero-order valence-corrected chi connectivity index (χ0v) is 10.7. The summed E-state index contributed by atoms with van der Waals surface area (Å²) in [5.41, 5.74) is 0. The van der Waals surface area contributed by atoms with E-state index in [1.165, 1.54) is 10.6 Å². The lowest BCUT2D eigenvalue weighted by Gasteiger charge is -2.35. The van der Waals surface area contributed by atoms with E-state index in [1.807, 2.05) is 0 Å². The molecule has 1 N–H and O–H groups in total. The van der Waals surface area contributed by atoms with Crippen molar-refractivity contribution in [3.05, 3.63) is 0 Å². The van der Waals surface area contributed by atoms with Crippen molar-refractivity contribution in [1.29, 1.82) is 0 Å². The third kappa shape index (κ3) is 2.78. The standard InChI is InChI=1S/C10H18N2O4S/c1-17(15,16)11-4-2-8(3-5-11)12-7-9(13)6-10(12)14/h8-9,13H,2-7H2,1H3. The predicted octanol–water partition coefficient (Wildman–Crippen LogP) is -0.996. The SMILES string of the molecule is CS(=O)(=O)N1CCC(N2CC(O)CC2=O)CC1. The number of nitrogens with zero attached hydrogens (tertiary/aromatic N) is 2. The van der Waals surface area contributed by atoms with Crippen LogP contribution in [0.25, 0.3) is 0 Å². The summed E-state index contributed by atoms with van der Waals surface area (Å²) in [5, 5.41) is 9.41. The van der Waals surface area contributed by atoms with Crippen LogP contribution < -0.4 is 0 Å². The number of amides is 1. The molecule has 1 atom stereocenters. The highest BCUT2D eigenvalue weighted by molar-refractivity contribution is 7.88. The van der Waals surface area contributed by atoms with Crippen molar-refractivity contribution in [3.8, 4) is 0 Å². The fraction of sp³-hybridized carbons (Fsp3) is 0.900. The Kier molecular flexibility index (Phi) is 3.42. The smallest absolute Gasteiger partial charge is 0.225 e. The molecule has 1 unspecified atom stereocenters. The lowest BCUT2D eigenvalue weighted by atomic mass is 10.1. The van der Waals surface area contributed by atoms with Crippen LogP contribution in [0.15, 0.2) is 0 Å². The van der Waals surface area contributed by atoms with E-state index in [0.717, 1.165) is 0 Å². The zero-order valence-electron chi connectivity index (χ0n) is 9.87. The predicted molar refractivity (Wildman–Crippen MR) is 61.8 cm³/mol. The molecule has 2 saturated heterocycles. The molecule has 7 heteroatoms. The van der Waals surface area contributed by atoms with Gasteiger partial charge in [0.2, 0.25) is 15.9 Å². The molecule has 0 bridgehead atoms. The van der Waals surface area contributed by atoms with Crippen LogP contribution in [0, 0.1) is 0 Å². The summed E-state index contributed by atoms with van der Waals surface area (Å²) >= 11 is 0. The van der Waals surface area contributed by atoms with E-state index in [1.54, 1.807) is 4.90 Å². The Morgan fingerprint density at radius 3 is 2.29 bits per heavy atom. The molecule has 2 rings (SSSR count).